The largest absolute Gasteiger partial charge is 0.573 e. The minimum Gasteiger partial charge on any atom is -0.406 e. The molecular formula is C13H11BrF3NOS. The second-order valence-electron chi connectivity index (χ2n) is 4.00. The van der Waals surface area contributed by atoms with Gasteiger partial charge in [0, 0.05) is 18.0 Å². The fraction of sp³-hybridized carbons (Fsp3) is 0.231. The van der Waals surface area contributed by atoms with Gasteiger partial charge in [0.2, 0.25) is 0 Å². The van der Waals surface area contributed by atoms with E-state index in [0.717, 1.165) is 15.9 Å². The first-order valence-electron chi connectivity index (χ1n) is 5.72. The highest BCUT2D eigenvalue weighted by atomic mass is 79.9. The van der Waals surface area contributed by atoms with Crippen LogP contribution in [0, 0.1) is 0 Å². The molecule has 0 spiro atoms. The van der Waals surface area contributed by atoms with Crippen LogP contribution in [0.2, 0.25) is 0 Å². The van der Waals surface area contributed by atoms with E-state index < -0.39 is 6.36 Å². The fourth-order valence-corrected chi connectivity index (χ4v) is 3.04. The van der Waals surface area contributed by atoms with E-state index in [9.17, 15) is 13.2 Å². The van der Waals surface area contributed by atoms with Crippen LogP contribution >= 0.6 is 27.3 Å². The van der Waals surface area contributed by atoms with Crippen LogP contribution in [0.4, 0.5) is 13.2 Å². The molecule has 0 fully saturated rings. The zero-order valence-corrected chi connectivity index (χ0v) is 12.6. The number of nitrogens with one attached hydrogen (secondary N) is 1. The summed E-state index contributed by atoms with van der Waals surface area (Å²) >= 11 is 5.03. The van der Waals surface area contributed by atoms with Crippen LogP contribution in [-0.2, 0) is 13.1 Å². The highest BCUT2D eigenvalue weighted by Crippen LogP contribution is 2.23. The van der Waals surface area contributed by atoms with Gasteiger partial charge in [-0.25, -0.2) is 0 Å². The third kappa shape index (κ3) is 5.15. The molecule has 0 radical (unpaired) electrons. The molecular weight excluding hydrogens is 355 g/mol. The zero-order valence-electron chi connectivity index (χ0n) is 10.2. The third-order valence-corrected chi connectivity index (χ3v) is 4.04. The summed E-state index contributed by atoms with van der Waals surface area (Å²) in [6, 6.07) is 9.84. The molecule has 1 aromatic carbocycles. The Balaban J connectivity index is 1.82. The van der Waals surface area contributed by atoms with Gasteiger partial charge in [0.25, 0.3) is 0 Å². The second kappa shape index (κ2) is 6.60. The van der Waals surface area contributed by atoms with Crippen LogP contribution in [0.5, 0.6) is 5.75 Å². The Morgan fingerprint density at radius 3 is 2.30 bits per heavy atom. The molecule has 20 heavy (non-hydrogen) atoms. The van der Waals surface area contributed by atoms with Crippen LogP contribution in [-0.4, -0.2) is 6.36 Å². The molecule has 2 nitrogen and oxygen atoms in total. The van der Waals surface area contributed by atoms with Crippen molar-refractivity contribution in [3.05, 3.63) is 50.6 Å². The number of thiophene rings is 1. The Bertz CT molecular complexity index is 553. The summed E-state index contributed by atoms with van der Waals surface area (Å²) < 4.78 is 40.9. The van der Waals surface area contributed by atoms with Crippen molar-refractivity contribution in [3.63, 3.8) is 0 Å². The smallest absolute Gasteiger partial charge is 0.406 e. The lowest BCUT2D eigenvalue weighted by molar-refractivity contribution is -0.274. The van der Waals surface area contributed by atoms with Gasteiger partial charge in [0.15, 0.2) is 0 Å². The number of ether oxygens (including phenoxy) is 1. The number of benzene rings is 1. The summed E-state index contributed by atoms with van der Waals surface area (Å²) in [5.41, 5.74) is 0.898. The summed E-state index contributed by atoms with van der Waals surface area (Å²) in [6.45, 7) is 1.30. The van der Waals surface area contributed by atoms with E-state index in [4.69, 9.17) is 0 Å². The molecule has 0 amide bonds. The Kier molecular flexibility index (Phi) is 5.06. The van der Waals surface area contributed by atoms with Crippen molar-refractivity contribution in [2.75, 3.05) is 0 Å². The molecule has 1 aromatic heterocycles. The lowest BCUT2D eigenvalue weighted by Crippen LogP contribution is -2.17. The standard InChI is InChI=1S/C13H11BrF3NOS/c14-12-6-5-11(20-12)8-18-7-9-1-3-10(4-2-9)19-13(15,16)17/h1-6,18H,7-8H2. The molecule has 0 aliphatic rings. The van der Waals surface area contributed by atoms with Crippen molar-refractivity contribution in [2.45, 2.75) is 19.5 Å². The SMILES string of the molecule is FC(F)(F)Oc1ccc(CNCc2ccc(Br)s2)cc1. The van der Waals surface area contributed by atoms with Gasteiger partial charge in [-0.3, -0.25) is 0 Å². The van der Waals surface area contributed by atoms with E-state index in [-0.39, 0.29) is 5.75 Å². The predicted octanol–water partition coefficient (Wildman–Crippen LogP) is 4.70. The van der Waals surface area contributed by atoms with E-state index in [1.165, 1.54) is 17.0 Å². The molecule has 0 unspecified atom stereocenters. The van der Waals surface area contributed by atoms with Crippen molar-refractivity contribution in [1.82, 2.24) is 5.32 Å². The molecule has 0 saturated carbocycles. The number of alkyl halides is 3. The summed E-state index contributed by atoms with van der Waals surface area (Å²) in [4.78, 5) is 1.19. The molecule has 0 saturated heterocycles. The van der Waals surface area contributed by atoms with Crippen molar-refractivity contribution in [1.29, 1.82) is 0 Å². The fourth-order valence-electron chi connectivity index (χ4n) is 1.59. The third-order valence-electron chi connectivity index (χ3n) is 2.41. The van der Waals surface area contributed by atoms with Gasteiger partial charge in [0.05, 0.1) is 3.79 Å². The molecule has 7 heteroatoms. The van der Waals surface area contributed by atoms with E-state index >= 15 is 0 Å². The molecule has 0 atom stereocenters. The summed E-state index contributed by atoms with van der Waals surface area (Å²) in [5, 5.41) is 3.23. The molecule has 1 N–H and O–H groups in total. The number of halogens is 4. The van der Waals surface area contributed by atoms with Crippen LogP contribution in [0.15, 0.2) is 40.2 Å². The van der Waals surface area contributed by atoms with Gasteiger partial charge in [-0.1, -0.05) is 12.1 Å². The number of rotatable bonds is 5. The summed E-state index contributed by atoms with van der Waals surface area (Å²) in [5.74, 6) is -0.205. The van der Waals surface area contributed by atoms with Gasteiger partial charge in [-0.15, -0.1) is 24.5 Å². The van der Waals surface area contributed by atoms with Crippen molar-refractivity contribution in [3.8, 4) is 5.75 Å². The second-order valence-corrected chi connectivity index (χ2v) is 6.55. The molecule has 0 aliphatic carbocycles. The van der Waals surface area contributed by atoms with E-state index in [1.807, 2.05) is 12.1 Å². The Hall–Kier alpha value is -1.05. The molecule has 1 heterocycles. The highest BCUT2D eigenvalue weighted by molar-refractivity contribution is 9.11. The Morgan fingerprint density at radius 2 is 1.75 bits per heavy atom. The number of hydrogen-bond acceptors (Lipinski definition) is 3. The highest BCUT2D eigenvalue weighted by Gasteiger charge is 2.30. The van der Waals surface area contributed by atoms with Gasteiger partial charge in [0.1, 0.15) is 5.75 Å². The first-order chi connectivity index (χ1) is 9.42. The molecule has 0 aliphatic heterocycles. The van der Waals surface area contributed by atoms with Gasteiger partial charge < -0.3 is 10.1 Å². The molecule has 2 aromatic rings. The molecule has 2 rings (SSSR count). The Morgan fingerprint density at radius 1 is 1.05 bits per heavy atom. The minimum absolute atomic E-state index is 0.205. The summed E-state index contributed by atoms with van der Waals surface area (Å²) in [7, 11) is 0. The van der Waals surface area contributed by atoms with Gasteiger partial charge in [-0.2, -0.15) is 0 Å². The molecule has 0 bridgehead atoms. The lowest BCUT2D eigenvalue weighted by atomic mass is 10.2. The van der Waals surface area contributed by atoms with Crippen LogP contribution in [0.1, 0.15) is 10.4 Å². The number of hydrogen-bond donors (Lipinski definition) is 1. The quantitative estimate of drug-likeness (QED) is 0.829. The van der Waals surface area contributed by atoms with E-state index in [1.54, 1.807) is 23.5 Å². The minimum atomic E-state index is -4.65. The maximum atomic E-state index is 12.0. The predicted molar refractivity (Wildman–Crippen MR) is 75.7 cm³/mol. The van der Waals surface area contributed by atoms with Crippen molar-refractivity contribution in [2.24, 2.45) is 0 Å². The maximum absolute atomic E-state index is 12.0. The topological polar surface area (TPSA) is 21.3 Å². The average Bonchev–Trinajstić information content (AvgIpc) is 2.75. The maximum Gasteiger partial charge on any atom is 0.573 e. The monoisotopic (exact) mass is 365 g/mol. The van der Waals surface area contributed by atoms with Gasteiger partial charge >= 0.3 is 6.36 Å². The van der Waals surface area contributed by atoms with Crippen LogP contribution in [0.3, 0.4) is 0 Å². The van der Waals surface area contributed by atoms with Crippen molar-refractivity contribution < 1.29 is 17.9 Å². The zero-order chi connectivity index (χ0) is 14.6. The normalized spacial score (nSPS) is 11.6. The average molecular weight is 366 g/mol. The van der Waals surface area contributed by atoms with Gasteiger partial charge in [-0.05, 0) is 45.8 Å². The summed E-state index contributed by atoms with van der Waals surface area (Å²) in [6.07, 6.45) is -4.65. The lowest BCUT2D eigenvalue weighted by Gasteiger charge is -2.09. The van der Waals surface area contributed by atoms with Crippen LogP contribution < -0.4 is 10.1 Å². The first-order valence-corrected chi connectivity index (χ1v) is 7.33. The Labute approximate surface area is 126 Å². The molecule has 108 valence electrons. The van der Waals surface area contributed by atoms with Crippen molar-refractivity contribution >= 4 is 27.3 Å². The first kappa shape index (κ1) is 15.3. The van der Waals surface area contributed by atoms with Crippen LogP contribution in [0.25, 0.3) is 0 Å². The van der Waals surface area contributed by atoms with E-state index in [0.29, 0.717) is 6.54 Å². The van der Waals surface area contributed by atoms with E-state index in [2.05, 4.69) is 26.0 Å².